The number of hydrogen-bond acceptors (Lipinski definition) is 5. The zero-order valence-electron chi connectivity index (χ0n) is 19.0. The highest BCUT2D eigenvalue weighted by Crippen LogP contribution is 2.28. The first-order chi connectivity index (χ1) is 16.8. The van der Waals surface area contributed by atoms with Gasteiger partial charge in [0.15, 0.2) is 0 Å². The largest absolute Gasteiger partial charge is 0.374 e. The van der Waals surface area contributed by atoms with E-state index in [0.29, 0.717) is 26.2 Å². The van der Waals surface area contributed by atoms with E-state index in [1.165, 1.54) is 0 Å². The Morgan fingerprint density at radius 2 is 1.29 bits per heavy atom. The van der Waals surface area contributed by atoms with Crippen LogP contribution in [0.3, 0.4) is 0 Å². The molecule has 0 amide bonds. The Hall–Kier alpha value is -3.19. The summed E-state index contributed by atoms with van der Waals surface area (Å²) in [6.07, 6.45) is -1.39. The van der Waals surface area contributed by atoms with Crippen LogP contribution < -0.4 is 0 Å². The van der Waals surface area contributed by atoms with Gasteiger partial charge in [0.2, 0.25) is 0 Å². The Bertz CT molecular complexity index is 1030. The molecule has 0 aliphatic carbocycles. The van der Waals surface area contributed by atoms with Crippen LogP contribution in [-0.4, -0.2) is 31.1 Å². The molecule has 1 unspecified atom stereocenters. The third-order valence-electron chi connectivity index (χ3n) is 5.66. The molecule has 1 aliphatic rings. The molecule has 4 atom stereocenters. The lowest BCUT2D eigenvalue weighted by Gasteiger charge is -2.40. The molecule has 0 bridgehead atoms. The van der Waals surface area contributed by atoms with Gasteiger partial charge in [-0.15, -0.1) is 0 Å². The summed E-state index contributed by atoms with van der Waals surface area (Å²) in [4.78, 5) is 2.96. The molecule has 3 aromatic rings. The van der Waals surface area contributed by atoms with Gasteiger partial charge in [0, 0.05) is 11.3 Å². The fourth-order valence-electron chi connectivity index (χ4n) is 3.96. The molecule has 0 aromatic heterocycles. The maximum Gasteiger partial charge on any atom is 0.139 e. The molecule has 7 heteroatoms. The van der Waals surface area contributed by atoms with Crippen LogP contribution >= 0.6 is 0 Å². The zero-order chi connectivity index (χ0) is 23.4. The van der Waals surface area contributed by atoms with Crippen molar-refractivity contribution in [3.8, 4) is 0 Å². The van der Waals surface area contributed by atoms with Gasteiger partial charge >= 0.3 is 0 Å². The normalized spacial score (nSPS) is 22.1. The predicted octanol–water partition coefficient (Wildman–Crippen LogP) is 5.80. The summed E-state index contributed by atoms with van der Waals surface area (Å²) in [6.45, 7) is 1.59. The van der Waals surface area contributed by atoms with E-state index in [4.69, 9.17) is 24.5 Å². The maximum atomic E-state index is 9.02. The van der Waals surface area contributed by atoms with Crippen LogP contribution in [0.25, 0.3) is 10.4 Å². The van der Waals surface area contributed by atoms with Crippen LogP contribution in [0.15, 0.2) is 96.1 Å². The molecule has 176 valence electrons. The van der Waals surface area contributed by atoms with Crippen LogP contribution in [0.2, 0.25) is 0 Å². The van der Waals surface area contributed by atoms with Crippen molar-refractivity contribution in [3.05, 3.63) is 118 Å². The van der Waals surface area contributed by atoms with Crippen molar-refractivity contribution in [2.45, 2.75) is 50.8 Å². The number of benzene rings is 3. The minimum atomic E-state index is -0.646. The lowest BCUT2D eigenvalue weighted by molar-refractivity contribution is -0.219. The predicted molar refractivity (Wildman–Crippen MR) is 129 cm³/mol. The molecule has 0 radical (unpaired) electrons. The van der Waals surface area contributed by atoms with Crippen LogP contribution in [0.4, 0.5) is 0 Å². The van der Waals surface area contributed by atoms with Gasteiger partial charge in [-0.2, -0.15) is 0 Å². The van der Waals surface area contributed by atoms with E-state index in [0.717, 1.165) is 16.7 Å². The molecule has 0 saturated carbocycles. The van der Waals surface area contributed by atoms with E-state index >= 15 is 0 Å². The molecule has 0 N–H and O–H groups in total. The van der Waals surface area contributed by atoms with E-state index in [1.807, 2.05) is 91.0 Å². The number of rotatable bonds is 11. The van der Waals surface area contributed by atoms with Gasteiger partial charge in [-0.3, -0.25) is 0 Å². The molecule has 3 aromatic carbocycles. The van der Waals surface area contributed by atoms with E-state index in [9.17, 15) is 0 Å². The van der Waals surface area contributed by atoms with Crippen molar-refractivity contribution >= 4 is 0 Å². The Morgan fingerprint density at radius 1 is 0.765 bits per heavy atom. The number of ether oxygens (including phenoxy) is 4. The second-order valence-electron chi connectivity index (χ2n) is 8.17. The van der Waals surface area contributed by atoms with Gasteiger partial charge in [-0.05, 0) is 22.2 Å². The second-order valence-corrected chi connectivity index (χ2v) is 8.17. The average molecular weight is 460 g/mol. The summed E-state index contributed by atoms with van der Waals surface area (Å²) in [5.74, 6) is 0. The van der Waals surface area contributed by atoms with Crippen LogP contribution in [0.5, 0.6) is 0 Å². The zero-order valence-corrected chi connectivity index (χ0v) is 19.0. The van der Waals surface area contributed by atoms with Crippen molar-refractivity contribution in [1.82, 2.24) is 0 Å². The summed E-state index contributed by atoms with van der Waals surface area (Å²) in [5.41, 5.74) is 12.2. The summed E-state index contributed by atoms with van der Waals surface area (Å²) in [7, 11) is 0. The van der Waals surface area contributed by atoms with Gasteiger partial charge in [-0.25, -0.2) is 0 Å². The molecule has 0 spiro atoms. The van der Waals surface area contributed by atoms with Gasteiger partial charge in [0.25, 0.3) is 0 Å². The number of nitrogens with zero attached hydrogens (tertiary/aromatic N) is 3. The molecule has 4 rings (SSSR count). The third-order valence-corrected chi connectivity index (χ3v) is 5.66. The smallest absolute Gasteiger partial charge is 0.139 e. The van der Waals surface area contributed by atoms with E-state index in [1.54, 1.807) is 0 Å². The van der Waals surface area contributed by atoms with Gasteiger partial charge < -0.3 is 18.9 Å². The Labute approximate surface area is 199 Å². The SMILES string of the molecule is [N-]=[N+]=N[C@H]1C[C@@H](OCc2ccccc2)[C@H](OCc2ccccc2)C(COCc2ccccc2)O1. The van der Waals surface area contributed by atoms with Gasteiger partial charge in [-0.1, -0.05) is 96.1 Å². The lowest BCUT2D eigenvalue weighted by atomic mass is 10.00. The van der Waals surface area contributed by atoms with Gasteiger partial charge in [0.1, 0.15) is 18.4 Å². The van der Waals surface area contributed by atoms with Crippen LogP contribution in [0, 0.1) is 0 Å². The molecular weight excluding hydrogens is 430 g/mol. The first kappa shape index (κ1) is 24.0. The molecule has 1 aliphatic heterocycles. The monoisotopic (exact) mass is 459 g/mol. The Morgan fingerprint density at radius 3 is 1.85 bits per heavy atom. The fourth-order valence-corrected chi connectivity index (χ4v) is 3.96. The van der Waals surface area contributed by atoms with Crippen molar-refractivity contribution in [1.29, 1.82) is 0 Å². The summed E-state index contributed by atoms with van der Waals surface area (Å²) in [6, 6.07) is 29.9. The van der Waals surface area contributed by atoms with E-state index in [2.05, 4.69) is 10.0 Å². The van der Waals surface area contributed by atoms with E-state index in [-0.39, 0.29) is 18.8 Å². The molecular formula is C27H29N3O4. The molecule has 1 fully saturated rings. The molecule has 34 heavy (non-hydrogen) atoms. The van der Waals surface area contributed by atoms with Gasteiger partial charge in [0.05, 0.1) is 32.5 Å². The number of azide groups is 1. The first-order valence-corrected chi connectivity index (χ1v) is 11.4. The Kier molecular flexibility index (Phi) is 9.08. The van der Waals surface area contributed by atoms with Crippen molar-refractivity contribution in [3.63, 3.8) is 0 Å². The maximum absolute atomic E-state index is 9.02. The lowest BCUT2D eigenvalue weighted by Crippen LogP contribution is -2.52. The highest BCUT2D eigenvalue weighted by atomic mass is 16.6. The fraction of sp³-hybridized carbons (Fsp3) is 0.333. The quantitative estimate of drug-likeness (QED) is 0.206. The van der Waals surface area contributed by atoms with Crippen molar-refractivity contribution in [2.24, 2.45) is 5.11 Å². The van der Waals surface area contributed by atoms with Crippen LogP contribution in [0.1, 0.15) is 23.1 Å². The van der Waals surface area contributed by atoms with Crippen molar-refractivity contribution in [2.75, 3.05) is 6.61 Å². The Balaban J connectivity index is 1.47. The standard InChI is InChI=1S/C27H29N3O4/c28-30-29-26-16-24(32-18-22-12-6-2-7-13-22)27(33-19-23-14-8-3-9-15-23)25(34-26)20-31-17-21-10-4-1-5-11-21/h1-15,24-27H,16-20H2/t24-,25?,26-,27+/m1/s1. The second kappa shape index (κ2) is 12.9. The first-order valence-electron chi connectivity index (χ1n) is 11.4. The van der Waals surface area contributed by atoms with E-state index < -0.39 is 12.3 Å². The molecule has 1 saturated heterocycles. The average Bonchev–Trinajstić information content (AvgIpc) is 2.89. The van der Waals surface area contributed by atoms with Crippen LogP contribution in [-0.2, 0) is 38.8 Å². The highest BCUT2D eigenvalue weighted by Gasteiger charge is 2.40. The highest BCUT2D eigenvalue weighted by molar-refractivity contribution is 5.15. The summed E-state index contributed by atoms with van der Waals surface area (Å²) < 4.78 is 24.7. The minimum Gasteiger partial charge on any atom is -0.374 e. The summed E-state index contributed by atoms with van der Waals surface area (Å²) >= 11 is 0. The topological polar surface area (TPSA) is 85.7 Å². The van der Waals surface area contributed by atoms with Crippen molar-refractivity contribution < 1.29 is 18.9 Å². The minimum absolute atomic E-state index is 0.289. The molecule has 7 nitrogen and oxygen atoms in total. The number of hydrogen-bond donors (Lipinski definition) is 0. The molecule has 1 heterocycles. The summed E-state index contributed by atoms with van der Waals surface area (Å²) in [5, 5.41) is 3.83. The third kappa shape index (κ3) is 7.15.